The van der Waals surface area contributed by atoms with Crippen LogP contribution in [-0.4, -0.2) is 9.97 Å². The Balaban J connectivity index is 1.22. The van der Waals surface area contributed by atoms with Crippen molar-refractivity contribution in [1.29, 1.82) is 0 Å². The van der Waals surface area contributed by atoms with Gasteiger partial charge in [0.25, 0.3) is 0 Å². The van der Waals surface area contributed by atoms with Gasteiger partial charge in [-0.15, -0.1) is 0 Å². The zero-order chi connectivity index (χ0) is 35.3. The maximum atomic E-state index is 6.88. The SMILES string of the molecule is c1ccc(-c2nc(-c3cc4ccccc4c4c3oc3ccc5ccccc5c34)cc(-c3cc4ccccc4c4c3oc3ccc5ccccc5c34)n2)cc1. The molecule has 0 bridgehead atoms. The van der Waals surface area contributed by atoms with Gasteiger partial charge in [-0.3, -0.25) is 0 Å². The summed E-state index contributed by atoms with van der Waals surface area (Å²) in [5.74, 6) is 0.633. The van der Waals surface area contributed by atoms with Crippen molar-refractivity contribution in [2.24, 2.45) is 0 Å². The minimum atomic E-state index is 0.633. The molecule has 0 aliphatic carbocycles. The molecule has 0 amide bonds. The maximum Gasteiger partial charge on any atom is 0.160 e. The zero-order valence-corrected chi connectivity index (χ0v) is 28.9. The quantitative estimate of drug-likeness (QED) is 0.185. The molecule has 0 fully saturated rings. The fourth-order valence-electron chi connectivity index (χ4n) is 8.59. The largest absolute Gasteiger partial charge is 0.455 e. The van der Waals surface area contributed by atoms with E-state index in [1.165, 1.54) is 21.5 Å². The number of aromatic nitrogens is 2. The molecule has 3 heterocycles. The van der Waals surface area contributed by atoms with Crippen LogP contribution in [0.3, 0.4) is 0 Å². The number of hydrogen-bond acceptors (Lipinski definition) is 4. The number of fused-ring (bicyclic) bond motifs is 14. The molecule has 0 N–H and O–H groups in total. The van der Waals surface area contributed by atoms with Gasteiger partial charge < -0.3 is 8.83 Å². The molecule has 4 heteroatoms. The second-order valence-electron chi connectivity index (χ2n) is 14.1. The van der Waals surface area contributed by atoms with Gasteiger partial charge in [0.15, 0.2) is 5.82 Å². The fourth-order valence-corrected chi connectivity index (χ4v) is 8.59. The number of benzene rings is 9. The predicted molar refractivity (Wildman–Crippen MR) is 223 cm³/mol. The molecular weight excluding hydrogens is 661 g/mol. The van der Waals surface area contributed by atoms with Crippen molar-refractivity contribution < 1.29 is 8.83 Å². The highest BCUT2D eigenvalue weighted by Gasteiger charge is 2.23. The zero-order valence-electron chi connectivity index (χ0n) is 28.9. The lowest BCUT2D eigenvalue weighted by atomic mass is 9.94. The molecule has 3 aromatic heterocycles. The van der Waals surface area contributed by atoms with Crippen molar-refractivity contribution in [3.05, 3.63) is 170 Å². The Bertz CT molecular complexity index is 3290. The molecular formula is C50H28N2O2. The lowest BCUT2D eigenvalue weighted by molar-refractivity contribution is 0.670. The van der Waals surface area contributed by atoms with Crippen molar-refractivity contribution in [2.45, 2.75) is 0 Å². The van der Waals surface area contributed by atoms with Gasteiger partial charge in [-0.2, -0.15) is 0 Å². The summed E-state index contributed by atoms with van der Waals surface area (Å²) < 4.78 is 13.8. The minimum Gasteiger partial charge on any atom is -0.455 e. The maximum absolute atomic E-state index is 6.88. The van der Waals surface area contributed by atoms with Crippen molar-refractivity contribution >= 4 is 87.0 Å². The highest BCUT2D eigenvalue weighted by Crippen LogP contribution is 2.46. The van der Waals surface area contributed by atoms with E-state index >= 15 is 0 Å². The average molecular weight is 689 g/mol. The number of rotatable bonds is 3. The Morgan fingerprint density at radius 2 is 0.741 bits per heavy atom. The molecule has 0 saturated heterocycles. The second kappa shape index (κ2) is 11.1. The molecule has 0 saturated carbocycles. The molecule has 0 atom stereocenters. The van der Waals surface area contributed by atoms with Crippen LogP contribution in [-0.2, 0) is 0 Å². The lowest BCUT2D eigenvalue weighted by Gasteiger charge is -2.12. The van der Waals surface area contributed by atoms with Gasteiger partial charge in [-0.05, 0) is 73.4 Å². The summed E-state index contributed by atoms with van der Waals surface area (Å²) in [5.41, 5.74) is 7.64. The predicted octanol–water partition coefficient (Wildman–Crippen LogP) is 13.9. The van der Waals surface area contributed by atoms with E-state index in [0.29, 0.717) is 5.82 Å². The summed E-state index contributed by atoms with van der Waals surface area (Å²) >= 11 is 0. The summed E-state index contributed by atoms with van der Waals surface area (Å²) in [7, 11) is 0. The normalized spacial score (nSPS) is 12.1. The molecule has 0 aliphatic heterocycles. The van der Waals surface area contributed by atoms with Crippen LogP contribution < -0.4 is 0 Å². The Kier molecular flexibility index (Phi) is 6.02. The van der Waals surface area contributed by atoms with Gasteiger partial charge in [-0.1, -0.05) is 140 Å². The first kappa shape index (κ1) is 29.3. The van der Waals surface area contributed by atoms with Crippen LogP contribution in [0.2, 0.25) is 0 Å². The van der Waals surface area contributed by atoms with Gasteiger partial charge in [-0.25, -0.2) is 9.97 Å². The summed E-state index contributed by atoms with van der Waals surface area (Å²) in [6.07, 6.45) is 0. The van der Waals surface area contributed by atoms with Crippen LogP contribution in [0.1, 0.15) is 0 Å². The lowest BCUT2D eigenvalue weighted by Crippen LogP contribution is -1.97. The molecule has 54 heavy (non-hydrogen) atoms. The molecule has 0 spiro atoms. The fraction of sp³-hybridized carbons (Fsp3) is 0. The van der Waals surface area contributed by atoms with Crippen LogP contribution in [0.4, 0.5) is 0 Å². The van der Waals surface area contributed by atoms with Crippen molar-refractivity contribution in [3.63, 3.8) is 0 Å². The highest BCUT2D eigenvalue weighted by molar-refractivity contribution is 6.30. The molecule has 250 valence electrons. The first-order chi connectivity index (χ1) is 26.8. The van der Waals surface area contributed by atoms with E-state index in [9.17, 15) is 0 Å². The van der Waals surface area contributed by atoms with Crippen LogP contribution in [0.15, 0.2) is 179 Å². The minimum absolute atomic E-state index is 0.633. The number of furan rings is 2. The van der Waals surface area contributed by atoms with E-state index in [4.69, 9.17) is 18.8 Å². The van der Waals surface area contributed by atoms with E-state index in [2.05, 4.69) is 152 Å². The van der Waals surface area contributed by atoms with Gasteiger partial charge in [0.05, 0.1) is 11.4 Å². The molecule has 12 aromatic rings. The van der Waals surface area contributed by atoms with Crippen LogP contribution in [0.5, 0.6) is 0 Å². The van der Waals surface area contributed by atoms with E-state index in [0.717, 1.165) is 93.5 Å². The van der Waals surface area contributed by atoms with Gasteiger partial charge in [0.1, 0.15) is 22.3 Å². The van der Waals surface area contributed by atoms with E-state index in [-0.39, 0.29) is 0 Å². The third-order valence-corrected chi connectivity index (χ3v) is 11.0. The second-order valence-corrected chi connectivity index (χ2v) is 14.1. The van der Waals surface area contributed by atoms with Crippen LogP contribution in [0, 0.1) is 0 Å². The third kappa shape index (κ3) is 4.19. The third-order valence-electron chi connectivity index (χ3n) is 11.0. The van der Waals surface area contributed by atoms with Gasteiger partial charge in [0.2, 0.25) is 0 Å². The Labute approximate surface area is 308 Å². The summed E-state index contributed by atoms with van der Waals surface area (Å²) in [4.78, 5) is 10.6. The van der Waals surface area contributed by atoms with E-state index in [1.54, 1.807) is 0 Å². The van der Waals surface area contributed by atoms with E-state index in [1.807, 2.05) is 18.2 Å². The first-order valence-electron chi connectivity index (χ1n) is 18.2. The molecule has 9 aromatic carbocycles. The van der Waals surface area contributed by atoms with Crippen molar-refractivity contribution in [3.8, 4) is 33.9 Å². The Morgan fingerprint density at radius 3 is 1.22 bits per heavy atom. The molecule has 0 aliphatic rings. The van der Waals surface area contributed by atoms with E-state index < -0.39 is 0 Å². The smallest absolute Gasteiger partial charge is 0.160 e. The summed E-state index contributed by atoms with van der Waals surface area (Å²) in [6, 6.07) is 59.4. The van der Waals surface area contributed by atoms with Gasteiger partial charge in [0, 0.05) is 38.2 Å². The number of nitrogens with zero attached hydrogens (tertiary/aromatic N) is 2. The summed E-state index contributed by atoms with van der Waals surface area (Å²) in [6.45, 7) is 0. The molecule has 4 nitrogen and oxygen atoms in total. The van der Waals surface area contributed by atoms with Gasteiger partial charge >= 0.3 is 0 Å². The van der Waals surface area contributed by atoms with Crippen molar-refractivity contribution in [2.75, 3.05) is 0 Å². The Hall–Kier alpha value is -7.30. The average Bonchev–Trinajstić information content (AvgIpc) is 3.84. The Morgan fingerprint density at radius 1 is 0.333 bits per heavy atom. The van der Waals surface area contributed by atoms with Crippen LogP contribution >= 0.6 is 0 Å². The first-order valence-corrected chi connectivity index (χ1v) is 18.2. The molecule has 0 unspecified atom stereocenters. The molecule has 0 radical (unpaired) electrons. The van der Waals surface area contributed by atoms with Crippen LogP contribution in [0.25, 0.3) is 121 Å². The summed E-state index contributed by atoms with van der Waals surface area (Å²) in [5, 5.41) is 13.6. The number of hydrogen-bond donors (Lipinski definition) is 0. The van der Waals surface area contributed by atoms with Crippen molar-refractivity contribution in [1.82, 2.24) is 9.97 Å². The monoisotopic (exact) mass is 688 g/mol. The highest BCUT2D eigenvalue weighted by atomic mass is 16.3. The topological polar surface area (TPSA) is 52.1 Å². The standard InChI is InChI=1S/C50H28N2O2/c1-2-14-31(15-3-1)50-51-40(38-26-32-16-6-10-20-36(32)46-44-34-18-8-4-12-29(34)22-24-42(44)53-48(38)46)28-41(52-50)39-27-33-17-7-11-21-37(33)47-45-35-19-9-5-13-30(35)23-25-43(45)54-49(39)47/h1-28H. The molecule has 12 rings (SSSR count).